The lowest BCUT2D eigenvalue weighted by Crippen LogP contribution is -2.14. The van der Waals surface area contributed by atoms with Crippen LogP contribution in [0.5, 0.6) is 11.5 Å². The van der Waals surface area contributed by atoms with E-state index in [-0.39, 0.29) is 11.7 Å². The van der Waals surface area contributed by atoms with Crippen molar-refractivity contribution < 1.29 is 14.3 Å². The zero-order chi connectivity index (χ0) is 19.2. The second kappa shape index (κ2) is 8.92. The van der Waals surface area contributed by atoms with Crippen LogP contribution in [0.1, 0.15) is 0 Å². The Labute approximate surface area is 169 Å². The molecule has 2 aromatic carbocycles. The van der Waals surface area contributed by atoms with Crippen LogP contribution in [-0.2, 0) is 4.79 Å². The summed E-state index contributed by atoms with van der Waals surface area (Å²) in [6.07, 6.45) is 0. The van der Waals surface area contributed by atoms with E-state index in [1.807, 2.05) is 36.4 Å². The molecule has 1 aromatic heterocycles. The number of aromatic amines is 1. The van der Waals surface area contributed by atoms with E-state index in [2.05, 4.69) is 36.4 Å². The molecule has 0 bridgehead atoms. The number of nitrogens with one attached hydrogen (secondary N) is 2. The van der Waals surface area contributed by atoms with Gasteiger partial charge in [0.2, 0.25) is 11.1 Å². The molecule has 2 N–H and O–H groups in total. The Kier molecular flexibility index (Phi) is 6.36. The standard InChI is InChI=1S/C18H17BrN4O3S/c1-25-14-6-11(7-15(9-14)26-2)17-21-18(23-22-17)27-10-16(24)20-13-5-3-4-12(19)8-13/h3-9H,10H2,1-2H3,(H,20,24)(H,21,22,23). The second-order valence-corrected chi connectivity index (χ2v) is 7.27. The van der Waals surface area contributed by atoms with Crippen molar-refractivity contribution in [1.82, 2.24) is 15.2 Å². The molecule has 0 radical (unpaired) electrons. The summed E-state index contributed by atoms with van der Waals surface area (Å²) in [6.45, 7) is 0. The normalized spacial score (nSPS) is 10.5. The van der Waals surface area contributed by atoms with Gasteiger partial charge in [-0.1, -0.05) is 33.8 Å². The number of carbonyl (C=O) groups is 1. The van der Waals surface area contributed by atoms with Crippen molar-refractivity contribution in [3.8, 4) is 22.9 Å². The molecule has 0 aliphatic rings. The first kappa shape index (κ1) is 19.2. The van der Waals surface area contributed by atoms with Gasteiger partial charge in [0.25, 0.3) is 0 Å². The van der Waals surface area contributed by atoms with Crippen LogP contribution in [0, 0.1) is 0 Å². The molecule has 9 heteroatoms. The number of thioether (sulfide) groups is 1. The van der Waals surface area contributed by atoms with Gasteiger partial charge in [-0.05, 0) is 30.3 Å². The molecule has 1 heterocycles. The first-order chi connectivity index (χ1) is 13.1. The fourth-order valence-electron chi connectivity index (χ4n) is 2.28. The van der Waals surface area contributed by atoms with Crippen LogP contribution in [0.15, 0.2) is 52.1 Å². The van der Waals surface area contributed by atoms with E-state index in [0.717, 1.165) is 15.7 Å². The van der Waals surface area contributed by atoms with E-state index < -0.39 is 0 Å². The molecule has 140 valence electrons. The summed E-state index contributed by atoms with van der Waals surface area (Å²) < 4.78 is 11.4. The van der Waals surface area contributed by atoms with Gasteiger partial charge in [0, 0.05) is 21.8 Å². The molecular weight excluding hydrogens is 432 g/mol. The van der Waals surface area contributed by atoms with Crippen LogP contribution in [-0.4, -0.2) is 41.1 Å². The molecule has 3 aromatic rings. The molecule has 0 aliphatic heterocycles. The molecule has 0 atom stereocenters. The third kappa shape index (κ3) is 5.24. The number of rotatable bonds is 7. The van der Waals surface area contributed by atoms with Crippen molar-refractivity contribution in [2.45, 2.75) is 5.16 Å². The Hall–Kier alpha value is -2.52. The highest BCUT2D eigenvalue weighted by Gasteiger charge is 2.11. The minimum Gasteiger partial charge on any atom is -0.497 e. The number of aromatic nitrogens is 3. The lowest BCUT2D eigenvalue weighted by atomic mass is 10.2. The molecule has 1 amide bonds. The molecule has 0 saturated heterocycles. The number of carbonyl (C=O) groups excluding carboxylic acids is 1. The fraction of sp³-hybridized carbons (Fsp3) is 0.167. The van der Waals surface area contributed by atoms with Crippen LogP contribution >= 0.6 is 27.7 Å². The minimum absolute atomic E-state index is 0.132. The lowest BCUT2D eigenvalue weighted by molar-refractivity contribution is -0.113. The zero-order valence-electron chi connectivity index (χ0n) is 14.7. The first-order valence-electron chi connectivity index (χ1n) is 7.91. The SMILES string of the molecule is COc1cc(OC)cc(-c2nc(SCC(=O)Nc3cccc(Br)c3)n[nH]2)c1. The quantitative estimate of drug-likeness (QED) is 0.531. The number of halogens is 1. The maximum atomic E-state index is 12.1. The third-order valence-corrected chi connectivity index (χ3v) is 4.87. The van der Waals surface area contributed by atoms with Crippen molar-refractivity contribution in [1.29, 1.82) is 0 Å². The number of amides is 1. The molecule has 0 spiro atoms. The first-order valence-corrected chi connectivity index (χ1v) is 9.69. The van der Waals surface area contributed by atoms with Gasteiger partial charge < -0.3 is 14.8 Å². The summed E-state index contributed by atoms with van der Waals surface area (Å²) in [5.74, 6) is 1.95. The topological polar surface area (TPSA) is 89.1 Å². The third-order valence-electron chi connectivity index (χ3n) is 3.53. The van der Waals surface area contributed by atoms with Crippen LogP contribution < -0.4 is 14.8 Å². The monoisotopic (exact) mass is 448 g/mol. The Morgan fingerprint density at radius 3 is 2.59 bits per heavy atom. The Morgan fingerprint density at radius 2 is 1.93 bits per heavy atom. The van der Waals surface area contributed by atoms with Gasteiger partial charge in [-0.3, -0.25) is 9.89 Å². The van der Waals surface area contributed by atoms with E-state index in [1.165, 1.54) is 11.8 Å². The molecule has 0 aliphatic carbocycles. The fourth-order valence-corrected chi connectivity index (χ4v) is 3.28. The molecule has 0 saturated carbocycles. The van der Waals surface area contributed by atoms with Gasteiger partial charge in [-0.2, -0.15) is 0 Å². The number of anilines is 1. The van der Waals surface area contributed by atoms with E-state index >= 15 is 0 Å². The van der Waals surface area contributed by atoms with Gasteiger partial charge in [0.15, 0.2) is 5.82 Å². The molecule has 7 nitrogen and oxygen atoms in total. The summed E-state index contributed by atoms with van der Waals surface area (Å²) in [4.78, 5) is 16.5. The largest absolute Gasteiger partial charge is 0.497 e. The van der Waals surface area contributed by atoms with Crippen LogP contribution in [0.2, 0.25) is 0 Å². The van der Waals surface area contributed by atoms with Gasteiger partial charge in [0.05, 0.1) is 20.0 Å². The number of nitrogens with zero attached hydrogens (tertiary/aromatic N) is 2. The van der Waals surface area contributed by atoms with E-state index in [4.69, 9.17) is 9.47 Å². The highest BCUT2D eigenvalue weighted by Crippen LogP contribution is 2.28. The Bertz CT molecular complexity index is 926. The molecule has 27 heavy (non-hydrogen) atoms. The van der Waals surface area contributed by atoms with Crippen LogP contribution in [0.4, 0.5) is 5.69 Å². The van der Waals surface area contributed by atoms with E-state index in [0.29, 0.717) is 22.5 Å². The summed E-state index contributed by atoms with van der Waals surface area (Å²) in [6, 6.07) is 12.9. The van der Waals surface area contributed by atoms with E-state index in [9.17, 15) is 4.79 Å². The van der Waals surface area contributed by atoms with Gasteiger partial charge in [0.1, 0.15) is 11.5 Å². The summed E-state index contributed by atoms with van der Waals surface area (Å²) >= 11 is 4.62. The van der Waals surface area contributed by atoms with Crippen molar-refractivity contribution in [2.24, 2.45) is 0 Å². The van der Waals surface area contributed by atoms with E-state index in [1.54, 1.807) is 20.3 Å². The van der Waals surface area contributed by atoms with Gasteiger partial charge >= 0.3 is 0 Å². The maximum Gasteiger partial charge on any atom is 0.234 e. The highest BCUT2D eigenvalue weighted by atomic mass is 79.9. The van der Waals surface area contributed by atoms with Crippen molar-refractivity contribution in [2.75, 3.05) is 25.3 Å². The number of ether oxygens (including phenoxy) is 2. The number of hydrogen-bond donors (Lipinski definition) is 2. The zero-order valence-corrected chi connectivity index (χ0v) is 17.1. The van der Waals surface area contributed by atoms with Gasteiger partial charge in [-0.15, -0.1) is 5.10 Å². The highest BCUT2D eigenvalue weighted by molar-refractivity contribution is 9.10. The number of methoxy groups -OCH3 is 2. The maximum absolute atomic E-state index is 12.1. The molecule has 0 fully saturated rings. The van der Waals surface area contributed by atoms with Gasteiger partial charge in [-0.25, -0.2) is 4.98 Å². The Balaban J connectivity index is 1.63. The Morgan fingerprint density at radius 1 is 1.19 bits per heavy atom. The average Bonchev–Trinajstić information content (AvgIpc) is 3.15. The smallest absolute Gasteiger partial charge is 0.234 e. The summed E-state index contributed by atoms with van der Waals surface area (Å²) in [7, 11) is 3.17. The van der Waals surface area contributed by atoms with Crippen molar-refractivity contribution >= 4 is 39.3 Å². The van der Waals surface area contributed by atoms with Crippen molar-refractivity contribution in [3.63, 3.8) is 0 Å². The average molecular weight is 449 g/mol. The summed E-state index contributed by atoms with van der Waals surface area (Å²) in [5, 5.41) is 10.3. The number of H-pyrrole nitrogens is 1. The predicted octanol–water partition coefficient (Wildman–Crippen LogP) is 3.98. The van der Waals surface area contributed by atoms with Crippen molar-refractivity contribution in [3.05, 3.63) is 46.9 Å². The second-order valence-electron chi connectivity index (χ2n) is 5.42. The predicted molar refractivity (Wildman–Crippen MR) is 108 cm³/mol. The molecule has 3 rings (SSSR count). The number of hydrogen-bond acceptors (Lipinski definition) is 6. The lowest BCUT2D eigenvalue weighted by Gasteiger charge is -2.06. The van der Waals surface area contributed by atoms with Crippen LogP contribution in [0.25, 0.3) is 11.4 Å². The molecule has 0 unspecified atom stereocenters. The minimum atomic E-state index is -0.132. The molecular formula is C18H17BrN4O3S. The van der Waals surface area contributed by atoms with Crippen LogP contribution in [0.3, 0.4) is 0 Å². The number of benzene rings is 2. The summed E-state index contributed by atoms with van der Waals surface area (Å²) in [5.41, 5.74) is 1.51.